The fraction of sp³-hybridized carbons (Fsp3) is 0.200. The molecule has 1 fully saturated rings. The van der Waals surface area contributed by atoms with Gasteiger partial charge < -0.3 is 9.80 Å². The molecule has 0 aliphatic carbocycles. The van der Waals surface area contributed by atoms with Gasteiger partial charge in [0, 0.05) is 55.1 Å². The van der Waals surface area contributed by atoms with Crippen molar-refractivity contribution in [1.82, 2.24) is 14.6 Å². The van der Waals surface area contributed by atoms with Gasteiger partial charge in [-0.2, -0.15) is 9.61 Å². The predicted molar refractivity (Wildman–Crippen MR) is 144 cm³/mol. The van der Waals surface area contributed by atoms with Crippen LogP contribution in [-0.2, 0) is 0 Å². The highest BCUT2D eigenvalue weighted by molar-refractivity contribution is 5.71. The summed E-state index contributed by atoms with van der Waals surface area (Å²) in [5.74, 6) is 0.766. The predicted octanol–water partition coefficient (Wildman–Crippen LogP) is 6.15. The van der Waals surface area contributed by atoms with E-state index in [1.807, 2.05) is 28.8 Å². The van der Waals surface area contributed by atoms with Crippen LogP contribution in [-0.4, -0.2) is 40.8 Å². The van der Waals surface area contributed by atoms with E-state index in [4.69, 9.17) is 10.1 Å². The van der Waals surface area contributed by atoms with Gasteiger partial charge >= 0.3 is 0 Å². The lowest BCUT2D eigenvalue weighted by Crippen LogP contribution is -2.47. The fourth-order valence-electron chi connectivity index (χ4n) is 4.94. The van der Waals surface area contributed by atoms with Crippen LogP contribution in [0.25, 0.3) is 28.2 Å². The average molecular weight is 478 g/mol. The van der Waals surface area contributed by atoms with Gasteiger partial charge in [-0.25, -0.2) is 9.37 Å². The van der Waals surface area contributed by atoms with Gasteiger partial charge in [0.15, 0.2) is 5.65 Å². The highest BCUT2D eigenvalue weighted by Gasteiger charge is 2.22. The van der Waals surface area contributed by atoms with E-state index in [9.17, 15) is 4.39 Å². The number of benzene rings is 3. The summed E-state index contributed by atoms with van der Waals surface area (Å²) in [5, 5.41) is 4.90. The number of rotatable bonds is 4. The van der Waals surface area contributed by atoms with Crippen molar-refractivity contribution in [3.8, 4) is 22.5 Å². The lowest BCUT2D eigenvalue weighted by Gasteiger charge is -2.38. The van der Waals surface area contributed by atoms with Gasteiger partial charge in [0.2, 0.25) is 0 Å². The SMILES string of the molecule is Cc1ccc(C)c(N2CCN(c3cc(-c4ccccc4)nc4cc(-c5ccc(F)cc5)nn34)CC2)c1. The molecule has 1 saturated heterocycles. The van der Waals surface area contributed by atoms with Crippen LogP contribution in [0.5, 0.6) is 0 Å². The monoisotopic (exact) mass is 477 g/mol. The van der Waals surface area contributed by atoms with Crippen LogP contribution >= 0.6 is 0 Å². The first-order valence-corrected chi connectivity index (χ1v) is 12.3. The summed E-state index contributed by atoms with van der Waals surface area (Å²) in [4.78, 5) is 9.81. The highest BCUT2D eigenvalue weighted by atomic mass is 19.1. The van der Waals surface area contributed by atoms with Gasteiger partial charge in [-0.3, -0.25) is 0 Å². The molecule has 180 valence electrons. The molecule has 0 atom stereocenters. The van der Waals surface area contributed by atoms with Gasteiger partial charge in [-0.1, -0.05) is 42.5 Å². The summed E-state index contributed by atoms with van der Waals surface area (Å²) in [6.45, 7) is 7.95. The van der Waals surface area contributed by atoms with Gasteiger partial charge in [-0.15, -0.1) is 0 Å². The Kier molecular flexibility index (Phi) is 5.64. The van der Waals surface area contributed by atoms with Crippen molar-refractivity contribution in [2.75, 3.05) is 36.0 Å². The van der Waals surface area contributed by atoms with E-state index < -0.39 is 0 Å². The topological polar surface area (TPSA) is 36.7 Å². The third-order valence-corrected chi connectivity index (χ3v) is 6.93. The van der Waals surface area contributed by atoms with E-state index in [1.54, 1.807) is 12.1 Å². The lowest BCUT2D eigenvalue weighted by molar-refractivity contribution is 0.628. The number of halogens is 1. The van der Waals surface area contributed by atoms with E-state index in [2.05, 4.69) is 60.0 Å². The smallest absolute Gasteiger partial charge is 0.158 e. The number of hydrogen-bond donors (Lipinski definition) is 0. The van der Waals surface area contributed by atoms with Crippen LogP contribution in [0.4, 0.5) is 15.9 Å². The minimum absolute atomic E-state index is 0.255. The second kappa shape index (κ2) is 9.11. The van der Waals surface area contributed by atoms with Crippen LogP contribution in [0.1, 0.15) is 11.1 Å². The fourth-order valence-corrected chi connectivity index (χ4v) is 4.94. The van der Waals surface area contributed by atoms with Crippen molar-refractivity contribution in [3.63, 3.8) is 0 Å². The van der Waals surface area contributed by atoms with E-state index in [-0.39, 0.29) is 5.82 Å². The lowest BCUT2D eigenvalue weighted by atomic mass is 10.1. The van der Waals surface area contributed by atoms with E-state index in [0.29, 0.717) is 0 Å². The number of aromatic nitrogens is 3. The first kappa shape index (κ1) is 22.3. The van der Waals surface area contributed by atoms with E-state index in [0.717, 1.165) is 60.2 Å². The molecule has 0 N–H and O–H groups in total. The molecule has 3 aromatic carbocycles. The third kappa shape index (κ3) is 4.19. The van der Waals surface area contributed by atoms with Crippen LogP contribution in [0, 0.1) is 19.7 Å². The Morgan fingerprint density at radius 3 is 2.14 bits per heavy atom. The first-order chi connectivity index (χ1) is 17.5. The molecule has 5 aromatic rings. The van der Waals surface area contributed by atoms with Crippen molar-refractivity contribution in [1.29, 1.82) is 0 Å². The zero-order chi connectivity index (χ0) is 24.6. The molecule has 1 aliphatic heterocycles. The molecular formula is C30H28FN5. The third-order valence-electron chi connectivity index (χ3n) is 6.93. The molecule has 0 bridgehead atoms. The second-order valence-electron chi connectivity index (χ2n) is 9.44. The van der Waals surface area contributed by atoms with E-state index in [1.165, 1.54) is 28.9 Å². The Balaban J connectivity index is 1.38. The first-order valence-electron chi connectivity index (χ1n) is 12.3. The van der Waals surface area contributed by atoms with Crippen LogP contribution in [0.15, 0.2) is 84.9 Å². The molecule has 3 heterocycles. The number of hydrogen-bond acceptors (Lipinski definition) is 4. The number of anilines is 2. The van der Waals surface area contributed by atoms with Crippen molar-refractivity contribution < 1.29 is 4.39 Å². The summed E-state index contributed by atoms with van der Waals surface area (Å²) >= 11 is 0. The van der Waals surface area contributed by atoms with Gasteiger partial charge in [0.05, 0.1) is 11.4 Å². The highest BCUT2D eigenvalue weighted by Crippen LogP contribution is 2.30. The second-order valence-corrected chi connectivity index (χ2v) is 9.44. The summed E-state index contributed by atoms with van der Waals surface area (Å²) in [5.41, 5.74) is 8.33. The maximum atomic E-state index is 13.5. The molecular weight excluding hydrogens is 449 g/mol. The summed E-state index contributed by atoms with van der Waals surface area (Å²) in [7, 11) is 0. The normalized spacial score (nSPS) is 14.0. The Bertz CT molecular complexity index is 1520. The summed E-state index contributed by atoms with van der Waals surface area (Å²) in [6, 6.07) is 27.5. The zero-order valence-corrected chi connectivity index (χ0v) is 20.5. The van der Waals surface area contributed by atoms with Gasteiger partial charge in [0.1, 0.15) is 11.6 Å². The standard InChI is InChI=1S/C30H28FN5/c1-21-8-9-22(2)28(18-21)34-14-16-35(17-15-34)30-20-26(23-6-4-3-5-7-23)32-29-19-27(33-36(29)30)24-10-12-25(31)13-11-24/h3-13,18-20H,14-17H2,1-2H3. The minimum atomic E-state index is -0.255. The molecule has 0 spiro atoms. The van der Waals surface area contributed by atoms with Gasteiger partial charge in [0.25, 0.3) is 0 Å². The molecule has 2 aromatic heterocycles. The number of nitrogens with zero attached hydrogens (tertiary/aromatic N) is 5. The molecule has 5 nitrogen and oxygen atoms in total. The number of aryl methyl sites for hydroxylation is 2. The maximum absolute atomic E-state index is 13.5. The Morgan fingerprint density at radius 2 is 1.39 bits per heavy atom. The minimum Gasteiger partial charge on any atom is -0.368 e. The maximum Gasteiger partial charge on any atom is 0.158 e. The van der Waals surface area contributed by atoms with Crippen molar-refractivity contribution in [2.45, 2.75) is 13.8 Å². The van der Waals surface area contributed by atoms with Crippen LogP contribution < -0.4 is 9.80 Å². The van der Waals surface area contributed by atoms with Crippen LogP contribution in [0.3, 0.4) is 0 Å². The van der Waals surface area contributed by atoms with Crippen LogP contribution in [0.2, 0.25) is 0 Å². The molecule has 0 amide bonds. The Morgan fingerprint density at radius 1 is 0.694 bits per heavy atom. The Hall–Kier alpha value is -4.19. The molecule has 0 radical (unpaired) electrons. The molecule has 0 unspecified atom stereocenters. The van der Waals surface area contributed by atoms with Gasteiger partial charge in [-0.05, 0) is 55.3 Å². The summed E-state index contributed by atoms with van der Waals surface area (Å²) in [6.07, 6.45) is 0. The van der Waals surface area contributed by atoms with Crippen molar-refractivity contribution in [2.24, 2.45) is 0 Å². The largest absolute Gasteiger partial charge is 0.368 e. The zero-order valence-electron chi connectivity index (χ0n) is 20.5. The number of fused-ring (bicyclic) bond motifs is 1. The summed E-state index contributed by atoms with van der Waals surface area (Å²) < 4.78 is 15.4. The molecule has 1 aliphatic rings. The average Bonchev–Trinajstić information content (AvgIpc) is 3.35. The molecule has 6 rings (SSSR count). The molecule has 6 heteroatoms. The van der Waals surface area contributed by atoms with Crippen molar-refractivity contribution >= 4 is 17.2 Å². The Labute approximate surface area is 210 Å². The quantitative estimate of drug-likeness (QED) is 0.311. The van der Waals surface area contributed by atoms with E-state index >= 15 is 0 Å². The number of piperazine rings is 1. The van der Waals surface area contributed by atoms with Crippen molar-refractivity contribution in [3.05, 3.63) is 102 Å². The molecule has 36 heavy (non-hydrogen) atoms. The molecule has 0 saturated carbocycles.